The zero-order valence-corrected chi connectivity index (χ0v) is 9.31. The molecule has 0 fully saturated rings. The van der Waals surface area contributed by atoms with E-state index in [0.29, 0.717) is 6.42 Å². The predicted octanol–water partition coefficient (Wildman–Crippen LogP) is 1.72. The quantitative estimate of drug-likeness (QED) is 0.711. The van der Waals surface area contributed by atoms with E-state index in [2.05, 4.69) is 5.32 Å². The van der Waals surface area contributed by atoms with Crippen molar-refractivity contribution in [3.05, 3.63) is 0 Å². The molecular formula is C10H21NO2. The van der Waals surface area contributed by atoms with Crippen molar-refractivity contribution >= 4 is 5.91 Å². The van der Waals surface area contributed by atoms with Crippen LogP contribution in [0.25, 0.3) is 0 Å². The number of amides is 1. The number of hydrogen-bond donors (Lipinski definition) is 1. The number of rotatable bonds is 5. The summed E-state index contributed by atoms with van der Waals surface area (Å²) < 4.78 is 5.18. The van der Waals surface area contributed by atoms with E-state index in [-0.39, 0.29) is 11.9 Å². The first-order chi connectivity index (χ1) is 6.00. The molecule has 0 aromatic rings. The molecule has 2 unspecified atom stereocenters. The molecule has 0 aromatic carbocycles. The van der Waals surface area contributed by atoms with Crippen LogP contribution in [-0.2, 0) is 9.53 Å². The topological polar surface area (TPSA) is 38.3 Å². The number of ether oxygens (including phenoxy) is 1. The molecule has 0 heterocycles. The van der Waals surface area contributed by atoms with Gasteiger partial charge < -0.3 is 10.1 Å². The third-order valence-electron chi connectivity index (χ3n) is 2.60. The molecule has 0 aliphatic carbocycles. The number of carbonyl (C=O) groups is 1. The van der Waals surface area contributed by atoms with E-state index in [1.54, 1.807) is 7.11 Å². The first kappa shape index (κ1) is 12.4. The third kappa shape index (κ3) is 3.35. The highest BCUT2D eigenvalue weighted by atomic mass is 16.5. The fourth-order valence-electron chi connectivity index (χ4n) is 0.876. The Hall–Kier alpha value is -0.570. The van der Waals surface area contributed by atoms with Crippen molar-refractivity contribution < 1.29 is 9.53 Å². The second kappa shape index (κ2) is 5.22. The van der Waals surface area contributed by atoms with Gasteiger partial charge in [0.2, 0.25) is 0 Å². The van der Waals surface area contributed by atoms with Crippen LogP contribution < -0.4 is 5.32 Å². The van der Waals surface area contributed by atoms with Crippen LogP contribution in [-0.4, -0.2) is 24.7 Å². The Bertz CT molecular complexity index is 164. The maximum Gasteiger partial charge on any atom is 0.252 e. The van der Waals surface area contributed by atoms with Gasteiger partial charge in [0.25, 0.3) is 5.91 Å². The molecule has 78 valence electrons. The minimum Gasteiger partial charge on any atom is -0.369 e. The Morgan fingerprint density at radius 1 is 1.54 bits per heavy atom. The smallest absolute Gasteiger partial charge is 0.252 e. The summed E-state index contributed by atoms with van der Waals surface area (Å²) >= 11 is 0. The van der Waals surface area contributed by atoms with E-state index in [1.165, 1.54) is 0 Å². The zero-order valence-electron chi connectivity index (χ0n) is 9.31. The van der Waals surface area contributed by atoms with Gasteiger partial charge in [-0.25, -0.2) is 0 Å². The maximum atomic E-state index is 11.7. The minimum absolute atomic E-state index is 0.0214. The molecule has 0 radical (unpaired) electrons. The van der Waals surface area contributed by atoms with E-state index < -0.39 is 5.60 Å². The van der Waals surface area contributed by atoms with Gasteiger partial charge in [-0.2, -0.15) is 0 Å². The molecule has 0 aliphatic heterocycles. The number of carbonyl (C=O) groups excluding carboxylic acids is 1. The molecule has 0 bridgehead atoms. The Labute approximate surface area is 80.8 Å². The van der Waals surface area contributed by atoms with Crippen molar-refractivity contribution in [3.8, 4) is 0 Å². The molecule has 0 aliphatic rings. The summed E-state index contributed by atoms with van der Waals surface area (Å²) in [6, 6.07) is 0.216. The molecule has 1 N–H and O–H groups in total. The Morgan fingerprint density at radius 3 is 2.38 bits per heavy atom. The molecule has 0 spiro atoms. The average Bonchev–Trinajstić information content (AvgIpc) is 2.16. The van der Waals surface area contributed by atoms with Crippen LogP contribution in [0.4, 0.5) is 0 Å². The Balaban J connectivity index is 4.22. The lowest BCUT2D eigenvalue weighted by Crippen LogP contribution is -2.48. The summed E-state index contributed by atoms with van der Waals surface area (Å²) in [5.41, 5.74) is -0.677. The summed E-state index contributed by atoms with van der Waals surface area (Å²) in [5.74, 6) is -0.0214. The van der Waals surface area contributed by atoms with E-state index >= 15 is 0 Å². The summed E-state index contributed by atoms with van der Waals surface area (Å²) in [7, 11) is 1.57. The summed E-state index contributed by atoms with van der Waals surface area (Å²) in [5, 5.41) is 2.91. The molecule has 13 heavy (non-hydrogen) atoms. The van der Waals surface area contributed by atoms with Crippen molar-refractivity contribution in [1.29, 1.82) is 0 Å². The highest BCUT2D eigenvalue weighted by Crippen LogP contribution is 2.14. The van der Waals surface area contributed by atoms with Gasteiger partial charge in [0.1, 0.15) is 5.60 Å². The summed E-state index contributed by atoms with van der Waals surface area (Å²) in [4.78, 5) is 11.7. The molecule has 0 aromatic heterocycles. The molecule has 0 rings (SSSR count). The van der Waals surface area contributed by atoms with E-state index in [4.69, 9.17) is 4.74 Å². The first-order valence-electron chi connectivity index (χ1n) is 4.86. The van der Waals surface area contributed by atoms with Gasteiger partial charge in [-0.05, 0) is 26.7 Å². The molecule has 0 saturated carbocycles. The largest absolute Gasteiger partial charge is 0.369 e. The fraction of sp³-hybridized carbons (Fsp3) is 0.900. The molecule has 2 atom stereocenters. The van der Waals surface area contributed by atoms with Crippen LogP contribution in [0.15, 0.2) is 0 Å². The lowest BCUT2D eigenvalue weighted by molar-refractivity contribution is -0.142. The van der Waals surface area contributed by atoms with Gasteiger partial charge in [0.15, 0.2) is 0 Å². The molecule has 1 amide bonds. The monoisotopic (exact) mass is 187 g/mol. The normalized spacial score (nSPS) is 17.6. The first-order valence-corrected chi connectivity index (χ1v) is 4.86. The Morgan fingerprint density at radius 2 is 2.08 bits per heavy atom. The number of hydrogen-bond acceptors (Lipinski definition) is 2. The van der Waals surface area contributed by atoms with Gasteiger partial charge >= 0.3 is 0 Å². The summed E-state index contributed by atoms with van der Waals surface area (Å²) in [6.45, 7) is 7.79. The minimum atomic E-state index is -0.677. The second-order valence-electron chi connectivity index (χ2n) is 3.57. The third-order valence-corrected chi connectivity index (χ3v) is 2.60. The van der Waals surface area contributed by atoms with Gasteiger partial charge in [-0.15, -0.1) is 0 Å². The van der Waals surface area contributed by atoms with E-state index in [9.17, 15) is 4.79 Å². The van der Waals surface area contributed by atoms with Crippen molar-refractivity contribution in [1.82, 2.24) is 5.32 Å². The number of methoxy groups -OCH3 is 1. The van der Waals surface area contributed by atoms with Crippen molar-refractivity contribution in [2.24, 2.45) is 0 Å². The SMILES string of the molecule is CCC(C)NC(=O)C(C)(CC)OC. The van der Waals surface area contributed by atoms with Gasteiger partial charge in [-0.3, -0.25) is 4.79 Å². The maximum absolute atomic E-state index is 11.7. The van der Waals surface area contributed by atoms with Crippen LogP contribution in [0.1, 0.15) is 40.5 Å². The highest BCUT2D eigenvalue weighted by molar-refractivity contribution is 5.84. The zero-order chi connectivity index (χ0) is 10.5. The lowest BCUT2D eigenvalue weighted by atomic mass is 10.0. The van der Waals surface area contributed by atoms with Crippen LogP contribution in [0.2, 0.25) is 0 Å². The van der Waals surface area contributed by atoms with Gasteiger partial charge in [0, 0.05) is 13.2 Å². The molecule has 0 saturated heterocycles. The van der Waals surface area contributed by atoms with E-state index in [1.807, 2.05) is 27.7 Å². The fourth-order valence-corrected chi connectivity index (χ4v) is 0.876. The van der Waals surface area contributed by atoms with Gasteiger partial charge in [-0.1, -0.05) is 13.8 Å². The molecule has 3 nitrogen and oxygen atoms in total. The van der Waals surface area contributed by atoms with E-state index in [0.717, 1.165) is 6.42 Å². The van der Waals surface area contributed by atoms with Crippen molar-refractivity contribution in [2.45, 2.75) is 52.2 Å². The number of nitrogens with one attached hydrogen (secondary N) is 1. The Kier molecular flexibility index (Phi) is 4.99. The summed E-state index contributed by atoms with van der Waals surface area (Å²) in [6.07, 6.45) is 1.63. The van der Waals surface area contributed by atoms with Crippen LogP contribution in [0.3, 0.4) is 0 Å². The van der Waals surface area contributed by atoms with Crippen LogP contribution in [0.5, 0.6) is 0 Å². The van der Waals surface area contributed by atoms with Crippen LogP contribution in [0, 0.1) is 0 Å². The average molecular weight is 187 g/mol. The van der Waals surface area contributed by atoms with Gasteiger partial charge in [0.05, 0.1) is 0 Å². The molecular weight excluding hydrogens is 166 g/mol. The van der Waals surface area contributed by atoms with Crippen molar-refractivity contribution in [3.63, 3.8) is 0 Å². The highest BCUT2D eigenvalue weighted by Gasteiger charge is 2.31. The standard InChI is InChI=1S/C10H21NO2/c1-6-8(3)11-9(12)10(4,7-2)13-5/h8H,6-7H2,1-5H3,(H,11,12). The lowest BCUT2D eigenvalue weighted by Gasteiger charge is -2.27. The molecule has 3 heteroatoms. The predicted molar refractivity (Wildman–Crippen MR) is 53.6 cm³/mol. The van der Waals surface area contributed by atoms with Crippen LogP contribution >= 0.6 is 0 Å². The van der Waals surface area contributed by atoms with Crippen molar-refractivity contribution in [2.75, 3.05) is 7.11 Å². The second-order valence-corrected chi connectivity index (χ2v) is 3.57.